The third-order valence-electron chi connectivity index (χ3n) is 4.52. The van der Waals surface area contributed by atoms with Gasteiger partial charge < -0.3 is 15.5 Å². The van der Waals surface area contributed by atoms with Gasteiger partial charge in [0.15, 0.2) is 0 Å². The third kappa shape index (κ3) is 5.15. The predicted molar refractivity (Wildman–Crippen MR) is 101 cm³/mol. The quantitative estimate of drug-likeness (QED) is 0.764. The Balaban J connectivity index is 1.49. The molecule has 0 aromatic heterocycles. The summed E-state index contributed by atoms with van der Waals surface area (Å²) in [4.78, 5) is 14.3. The largest absolute Gasteiger partial charge is 0.418 e. The van der Waals surface area contributed by atoms with Crippen molar-refractivity contribution in [3.63, 3.8) is 0 Å². The van der Waals surface area contributed by atoms with Crippen LogP contribution in [0.5, 0.6) is 0 Å². The first kappa shape index (κ1) is 19.1. The van der Waals surface area contributed by atoms with Gasteiger partial charge in [-0.25, -0.2) is 0 Å². The van der Waals surface area contributed by atoms with E-state index >= 15 is 0 Å². The molecule has 2 N–H and O–H groups in total. The Labute approximate surface area is 156 Å². The van der Waals surface area contributed by atoms with E-state index < -0.39 is 11.7 Å². The van der Waals surface area contributed by atoms with Gasteiger partial charge in [0.05, 0.1) is 5.56 Å². The molecule has 1 heterocycles. The number of benzene rings is 2. The van der Waals surface area contributed by atoms with Gasteiger partial charge >= 0.3 is 6.18 Å². The molecule has 0 aliphatic carbocycles. The number of amides is 1. The summed E-state index contributed by atoms with van der Waals surface area (Å²) < 4.78 is 38.8. The number of rotatable bonds is 6. The van der Waals surface area contributed by atoms with Crippen LogP contribution in [-0.4, -0.2) is 25.5 Å². The molecule has 0 spiro atoms. The summed E-state index contributed by atoms with van der Waals surface area (Å²) in [5.74, 6) is -0.249. The number of hydrogen-bond donors (Lipinski definition) is 2. The zero-order chi connectivity index (χ0) is 19.3. The molecule has 27 heavy (non-hydrogen) atoms. The molecule has 0 bridgehead atoms. The fourth-order valence-electron chi connectivity index (χ4n) is 3.15. The van der Waals surface area contributed by atoms with E-state index in [0.29, 0.717) is 5.69 Å². The highest BCUT2D eigenvalue weighted by Gasteiger charge is 2.33. The van der Waals surface area contributed by atoms with Crippen LogP contribution in [0, 0.1) is 0 Å². The molecule has 1 aliphatic heterocycles. The lowest BCUT2D eigenvalue weighted by molar-refractivity contribution is -0.137. The number of hydrogen-bond acceptors (Lipinski definition) is 3. The van der Waals surface area contributed by atoms with Gasteiger partial charge in [-0.3, -0.25) is 4.79 Å². The smallest absolute Gasteiger partial charge is 0.384 e. The molecule has 4 nitrogen and oxygen atoms in total. The normalized spacial score (nSPS) is 14.3. The minimum atomic E-state index is -4.43. The first-order valence-electron chi connectivity index (χ1n) is 8.98. The van der Waals surface area contributed by atoms with Crippen LogP contribution in [0.1, 0.15) is 24.8 Å². The van der Waals surface area contributed by atoms with Crippen molar-refractivity contribution in [3.8, 4) is 0 Å². The number of nitrogens with zero attached hydrogens (tertiary/aromatic N) is 1. The molecular weight excluding hydrogens is 355 g/mol. The van der Waals surface area contributed by atoms with Crippen molar-refractivity contribution in [1.29, 1.82) is 0 Å². The van der Waals surface area contributed by atoms with Gasteiger partial charge in [-0.15, -0.1) is 0 Å². The molecule has 0 radical (unpaired) electrons. The highest BCUT2D eigenvalue weighted by atomic mass is 19.4. The molecule has 0 atom stereocenters. The lowest BCUT2D eigenvalue weighted by atomic mass is 10.1. The Bertz CT molecular complexity index is 769. The van der Waals surface area contributed by atoms with Crippen LogP contribution in [0.4, 0.5) is 30.2 Å². The SMILES string of the molecule is O=C(CCNc1ccccc1C(F)(F)F)Nc1ccc(N2CCCC2)cc1. The molecule has 1 aliphatic rings. The number of nitrogens with one attached hydrogen (secondary N) is 2. The van der Waals surface area contributed by atoms with Gasteiger partial charge in [0, 0.05) is 43.1 Å². The molecule has 1 saturated heterocycles. The average molecular weight is 377 g/mol. The summed E-state index contributed by atoms with van der Waals surface area (Å²) in [6, 6.07) is 12.9. The minimum Gasteiger partial charge on any atom is -0.384 e. The van der Waals surface area contributed by atoms with Crippen molar-refractivity contribution in [2.24, 2.45) is 0 Å². The number of para-hydroxylation sites is 1. The van der Waals surface area contributed by atoms with E-state index in [1.807, 2.05) is 24.3 Å². The van der Waals surface area contributed by atoms with E-state index in [9.17, 15) is 18.0 Å². The maximum Gasteiger partial charge on any atom is 0.418 e. The van der Waals surface area contributed by atoms with Gasteiger partial charge in [-0.2, -0.15) is 13.2 Å². The summed E-state index contributed by atoms with van der Waals surface area (Å²) in [6.07, 6.45) is -1.96. The Morgan fingerprint density at radius 1 is 1.00 bits per heavy atom. The summed E-state index contributed by atoms with van der Waals surface area (Å²) in [5.41, 5.74) is 1.06. The van der Waals surface area contributed by atoms with Gasteiger partial charge in [0.25, 0.3) is 0 Å². The van der Waals surface area contributed by atoms with Crippen LogP contribution in [0.15, 0.2) is 48.5 Å². The molecule has 1 amide bonds. The second kappa shape index (κ2) is 8.33. The van der Waals surface area contributed by atoms with Crippen LogP contribution in [0.25, 0.3) is 0 Å². The topological polar surface area (TPSA) is 44.4 Å². The standard InChI is InChI=1S/C20H22F3N3O/c21-20(22,23)17-5-1-2-6-18(17)24-12-11-19(27)25-15-7-9-16(10-8-15)26-13-3-4-14-26/h1-2,5-10,24H,3-4,11-14H2,(H,25,27). The van der Waals surface area contributed by atoms with Crippen LogP contribution in [0.2, 0.25) is 0 Å². The number of anilines is 3. The van der Waals surface area contributed by atoms with Gasteiger partial charge in [0.1, 0.15) is 0 Å². The van der Waals surface area contributed by atoms with E-state index in [-0.39, 0.29) is 24.6 Å². The number of carbonyl (C=O) groups excluding carboxylic acids is 1. The fraction of sp³-hybridized carbons (Fsp3) is 0.350. The molecule has 2 aromatic carbocycles. The van der Waals surface area contributed by atoms with Crippen molar-refractivity contribution in [1.82, 2.24) is 0 Å². The first-order chi connectivity index (χ1) is 12.9. The summed E-state index contributed by atoms with van der Waals surface area (Å²) >= 11 is 0. The van der Waals surface area contributed by atoms with E-state index in [0.717, 1.165) is 24.8 Å². The van der Waals surface area contributed by atoms with Crippen molar-refractivity contribution < 1.29 is 18.0 Å². The van der Waals surface area contributed by atoms with Crippen molar-refractivity contribution in [3.05, 3.63) is 54.1 Å². The van der Waals surface area contributed by atoms with Crippen LogP contribution in [0.3, 0.4) is 0 Å². The minimum absolute atomic E-state index is 0.0206. The molecule has 0 unspecified atom stereocenters. The summed E-state index contributed by atoms with van der Waals surface area (Å²) in [7, 11) is 0. The van der Waals surface area contributed by atoms with E-state index in [1.54, 1.807) is 0 Å². The zero-order valence-corrected chi connectivity index (χ0v) is 14.9. The van der Waals surface area contributed by atoms with Crippen molar-refractivity contribution in [2.75, 3.05) is 35.2 Å². The molecule has 3 rings (SSSR count). The van der Waals surface area contributed by atoms with E-state index in [2.05, 4.69) is 15.5 Å². The third-order valence-corrected chi connectivity index (χ3v) is 4.52. The number of carbonyl (C=O) groups is 1. The van der Waals surface area contributed by atoms with Gasteiger partial charge in [-0.1, -0.05) is 12.1 Å². The first-order valence-corrected chi connectivity index (χ1v) is 8.98. The van der Waals surface area contributed by atoms with Crippen LogP contribution < -0.4 is 15.5 Å². The maximum atomic E-state index is 12.9. The van der Waals surface area contributed by atoms with Crippen LogP contribution in [-0.2, 0) is 11.0 Å². The Morgan fingerprint density at radius 2 is 1.67 bits per heavy atom. The number of alkyl halides is 3. The monoisotopic (exact) mass is 377 g/mol. The van der Waals surface area contributed by atoms with Crippen molar-refractivity contribution in [2.45, 2.75) is 25.4 Å². The molecule has 0 saturated carbocycles. The van der Waals surface area contributed by atoms with E-state index in [1.165, 1.54) is 31.0 Å². The fourth-order valence-corrected chi connectivity index (χ4v) is 3.15. The molecule has 2 aromatic rings. The Kier molecular flexibility index (Phi) is 5.88. The second-order valence-corrected chi connectivity index (χ2v) is 6.51. The average Bonchev–Trinajstić information content (AvgIpc) is 3.16. The Morgan fingerprint density at radius 3 is 2.33 bits per heavy atom. The van der Waals surface area contributed by atoms with Crippen LogP contribution >= 0.6 is 0 Å². The lowest BCUT2D eigenvalue weighted by Crippen LogP contribution is -2.19. The van der Waals surface area contributed by atoms with E-state index in [4.69, 9.17) is 0 Å². The highest BCUT2D eigenvalue weighted by Crippen LogP contribution is 2.34. The number of halogens is 3. The highest BCUT2D eigenvalue weighted by molar-refractivity contribution is 5.91. The van der Waals surface area contributed by atoms with Crippen molar-refractivity contribution >= 4 is 23.0 Å². The lowest BCUT2D eigenvalue weighted by Gasteiger charge is -2.18. The maximum absolute atomic E-state index is 12.9. The Hall–Kier alpha value is -2.70. The zero-order valence-electron chi connectivity index (χ0n) is 14.9. The molecule has 7 heteroatoms. The summed E-state index contributed by atoms with van der Waals surface area (Å²) in [5, 5.41) is 5.47. The molecule has 144 valence electrons. The summed E-state index contributed by atoms with van der Waals surface area (Å²) in [6.45, 7) is 2.22. The molecular formula is C20H22F3N3O. The van der Waals surface area contributed by atoms with Gasteiger partial charge in [0.2, 0.25) is 5.91 Å². The second-order valence-electron chi connectivity index (χ2n) is 6.51. The molecule has 1 fully saturated rings. The van der Waals surface area contributed by atoms with Gasteiger partial charge in [-0.05, 0) is 49.2 Å². The predicted octanol–water partition coefficient (Wildman–Crippen LogP) is 4.75.